The molecule has 2 aromatic carbocycles. The largest absolute Gasteiger partial charge is 0.483 e. The van der Waals surface area contributed by atoms with Crippen LogP contribution in [0.1, 0.15) is 28.8 Å². The van der Waals surface area contributed by atoms with Crippen molar-refractivity contribution >= 4 is 29.5 Å². The number of ether oxygens (including phenoxy) is 2. The van der Waals surface area contributed by atoms with Gasteiger partial charge in [0, 0.05) is 37.5 Å². The molecule has 1 aliphatic heterocycles. The highest BCUT2D eigenvalue weighted by Crippen LogP contribution is 2.32. The summed E-state index contributed by atoms with van der Waals surface area (Å²) in [5, 5.41) is 7.23. The molecule has 0 saturated carbocycles. The van der Waals surface area contributed by atoms with Gasteiger partial charge in [0.1, 0.15) is 18.2 Å². The van der Waals surface area contributed by atoms with Crippen molar-refractivity contribution in [3.63, 3.8) is 0 Å². The van der Waals surface area contributed by atoms with Crippen LogP contribution >= 0.6 is 0 Å². The third-order valence-electron chi connectivity index (χ3n) is 5.12. The van der Waals surface area contributed by atoms with Crippen LogP contribution in [0, 0.1) is 5.82 Å². The summed E-state index contributed by atoms with van der Waals surface area (Å²) in [6.07, 6.45) is -6.70. The van der Waals surface area contributed by atoms with Crippen LogP contribution in [-0.2, 0) is 9.53 Å². The summed E-state index contributed by atoms with van der Waals surface area (Å²) >= 11 is 0. The second-order valence-electron chi connectivity index (χ2n) is 7.79. The van der Waals surface area contributed by atoms with Gasteiger partial charge < -0.3 is 14.8 Å². The number of hydrazone groups is 1. The lowest BCUT2D eigenvalue weighted by Crippen LogP contribution is -2.34. The van der Waals surface area contributed by atoms with Crippen LogP contribution in [0.4, 0.5) is 37.7 Å². The molecule has 200 valence electrons. The van der Waals surface area contributed by atoms with E-state index in [1.54, 1.807) is 0 Å². The van der Waals surface area contributed by atoms with Crippen LogP contribution in [0.25, 0.3) is 0 Å². The van der Waals surface area contributed by atoms with Gasteiger partial charge in [-0.25, -0.2) is 13.2 Å². The fraction of sp³-hybridized carbons (Fsp3) is 0.348. The van der Waals surface area contributed by atoms with Crippen LogP contribution in [0.5, 0.6) is 5.75 Å². The number of nitrogens with zero attached hydrogens (tertiary/aromatic N) is 3. The fourth-order valence-corrected chi connectivity index (χ4v) is 3.38. The third-order valence-corrected chi connectivity index (χ3v) is 5.12. The van der Waals surface area contributed by atoms with Crippen LogP contribution in [-0.4, -0.2) is 62.6 Å². The van der Waals surface area contributed by atoms with Crippen LogP contribution in [0.3, 0.4) is 0 Å². The van der Waals surface area contributed by atoms with E-state index in [4.69, 9.17) is 9.47 Å². The zero-order valence-corrected chi connectivity index (χ0v) is 19.4. The Morgan fingerprint density at radius 3 is 2.70 bits per heavy atom. The van der Waals surface area contributed by atoms with E-state index in [1.807, 2.05) is 0 Å². The van der Waals surface area contributed by atoms with Crippen molar-refractivity contribution in [2.45, 2.75) is 19.0 Å². The molecule has 8 nitrogen and oxygen atoms in total. The summed E-state index contributed by atoms with van der Waals surface area (Å²) in [5.74, 6) is -2.80. The Balaban J connectivity index is 1.99. The van der Waals surface area contributed by atoms with Gasteiger partial charge in [-0.15, -0.1) is 0 Å². The number of benzene rings is 2. The van der Waals surface area contributed by atoms with E-state index >= 15 is 4.39 Å². The second-order valence-corrected chi connectivity index (χ2v) is 7.79. The molecule has 2 amide bonds. The molecular weight excluding hydrogens is 510 g/mol. The number of carbonyl (C=O) groups is 2. The summed E-state index contributed by atoms with van der Waals surface area (Å²) in [6, 6.07) is 6.32. The molecule has 0 radical (unpaired) electrons. The van der Waals surface area contributed by atoms with Gasteiger partial charge in [0.25, 0.3) is 12.3 Å². The Kier molecular flexibility index (Phi) is 8.97. The topological polar surface area (TPSA) is 83.5 Å². The molecular formula is C23H22F6N4O4. The zero-order valence-electron chi connectivity index (χ0n) is 19.4. The molecule has 0 unspecified atom stereocenters. The summed E-state index contributed by atoms with van der Waals surface area (Å²) in [7, 11) is 1.27. The van der Waals surface area contributed by atoms with E-state index < -0.39 is 47.8 Å². The lowest BCUT2D eigenvalue weighted by Gasteiger charge is -2.22. The highest BCUT2D eigenvalue weighted by molar-refractivity contribution is 6.07. The van der Waals surface area contributed by atoms with Crippen molar-refractivity contribution in [2.75, 3.05) is 43.7 Å². The Bertz CT molecular complexity index is 1160. The molecule has 2 aromatic rings. The van der Waals surface area contributed by atoms with Gasteiger partial charge in [-0.3, -0.25) is 19.5 Å². The maximum absolute atomic E-state index is 15.1. The molecule has 0 aromatic heterocycles. The summed E-state index contributed by atoms with van der Waals surface area (Å²) in [5.41, 5.74) is -1.89. The average molecular weight is 532 g/mol. The van der Waals surface area contributed by atoms with Crippen LogP contribution in [0.2, 0.25) is 0 Å². The molecule has 14 heteroatoms. The monoisotopic (exact) mass is 532 g/mol. The molecule has 1 saturated heterocycles. The fourth-order valence-electron chi connectivity index (χ4n) is 3.38. The minimum Gasteiger partial charge on any atom is -0.483 e. The average Bonchev–Trinajstić information content (AvgIpc) is 3.07. The maximum atomic E-state index is 15.1. The number of alkyl halides is 5. The van der Waals surface area contributed by atoms with Crippen molar-refractivity contribution < 1.29 is 45.4 Å². The number of hydrogen-bond acceptors (Lipinski definition) is 6. The van der Waals surface area contributed by atoms with Crippen molar-refractivity contribution in [1.29, 1.82) is 0 Å². The van der Waals surface area contributed by atoms with E-state index in [1.165, 1.54) is 24.1 Å². The Hall–Kier alpha value is -3.81. The van der Waals surface area contributed by atoms with Gasteiger partial charge in [-0.2, -0.15) is 18.3 Å². The van der Waals surface area contributed by atoms with Gasteiger partial charge in [-0.1, -0.05) is 18.2 Å². The minimum atomic E-state index is -4.79. The Morgan fingerprint density at radius 1 is 1.30 bits per heavy atom. The normalized spacial score (nSPS) is 15.5. The minimum absolute atomic E-state index is 0.0772. The number of para-hydroxylation sites is 1. The number of amides is 2. The lowest BCUT2D eigenvalue weighted by atomic mass is 10.1. The number of halogens is 6. The van der Waals surface area contributed by atoms with Crippen LogP contribution < -0.4 is 15.1 Å². The van der Waals surface area contributed by atoms with E-state index in [0.717, 1.165) is 23.2 Å². The first-order valence-electron chi connectivity index (χ1n) is 10.8. The number of rotatable bonds is 8. The molecule has 0 bridgehead atoms. The molecule has 0 aliphatic carbocycles. The third kappa shape index (κ3) is 7.35. The predicted molar refractivity (Wildman–Crippen MR) is 121 cm³/mol. The molecule has 1 aliphatic rings. The van der Waals surface area contributed by atoms with E-state index in [9.17, 15) is 31.5 Å². The van der Waals surface area contributed by atoms with E-state index in [-0.39, 0.29) is 30.4 Å². The molecule has 1 N–H and O–H groups in total. The molecule has 3 rings (SSSR count). The maximum Gasteiger partial charge on any atom is 0.422 e. The molecule has 37 heavy (non-hydrogen) atoms. The number of hydrogen-bond donors (Lipinski definition) is 1. The summed E-state index contributed by atoms with van der Waals surface area (Å²) in [4.78, 5) is 25.4. The number of carbonyl (C=O) groups excluding carboxylic acids is 2. The highest BCUT2D eigenvalue weighted by atomic mass is 19.4. The van der Waals surface area contributed by atoms with Crippen LogP contribution in [0.15, 0.2) is 41.5 Å². The number of amidine groups is 1. The van der Waals surface area contributed by atoms with E-state index in [2.05, 4.69) is 10.4 Å². The predicted octanol–water partition coefficient (Wildman–Crippen LogP) is 4.59. The van der Waals surface area contributed by atoms with Gasteiger partial charge in [0.05, 0.1) is 11.3 Å². The summed E-state index contributed by atoms with van der Waals surface area (Å²) in [6.45, 7) is -1.24. The molecule has 0 spiro atoms. The first kappa shape index (κ1) is 27.8. The lowest BCUT2D eigenvalue weighted by molar-refractivity contribution is -0.153. The SMILES string of the molecule is CN(/N=C1/COCCCN1C=O)c1cc(OCC(F)(F)F)c(C(=O)Nc2ccccc2C(F)F)cc1F. The Morgan fingerprint density at radius 2 is 2.03 bits per heavy atom. The van der Waals surface area contributed by atoms with E-state index in [0.29, 0.717) is 25.5 Å². The summed E-state index contributed by atoms with van der Waals surface area (Å²) < 4.78 is 90.3. The number of nitrogens with one attached hydrogen (secondary N) is 1. The molecule has 0 atom stereocenters. The zero-order chi connectivity index (χ0) is 27.2. The second kappa shape index (κ2) is 12.0. The van der Waals surface area contributed by atoms with Gasteiger partial charge in [-0.05, 0) is 18.6 Å². The van der Waals surface area contributed by atoms with Gasteiger partial charge >= 0.3 is 6.18 Å². The molecule has 1 heterocycles. The highest BCUT2D eigenvalue weighted by Gasteiger charge is 2.30. The van der Waals surface area contributed by atoms with Crippen molar-refractivity contribution in [3.05, 3.63) is 53.3 Å². The first-order chi connectivity index (χ1) is 17.5. The van der Waals surface area contributed by atoms with Crippen molar-refractivity contribution in [2.24, 2.45) is 5.10 Å². The first-order valence-corrected chi connectivity index (χ1v) is 10.8. The van der Waals surface area contributed by atoms with Gasteiger partial charge in [0.15, 0.2) is 12.4 Å². The van der Waals surface area contributed by atoms with Crippen molar-refractivity contribution in [3.8, 4) is 5.75 Å². The molecule has 1 fully saturated rings. The number of anilines is 2. The quantitative estimate of drug-likeness (QED) is 0.306. The smallest absolute Gasteiger partial charge is 0.422 e. The standard InChI is InChI=1S/C23H22F6N4O4/c1-32(31-20-11-36-8-4-7-33(20)13-34)18-10-19(37-12-23(27,28)29)15(9-16(18)24)22(35)30-17-6-3-2-5-14(17)21(25)26/h2-3,5-6,9-10,13,21H,4,7-8,11-12H2,1H3,(H,30,35)/b31-20-. The Labute approximate surface area is 207 Å². The van der Waals surface area contributed by atoms with Gasteiger partial charge in [0.2, 0.25) is 6.41 Å². The van der Waals surface area contributed by atoms with Crippen molar-refractivity contribution in [1.82, 2.24) is 4.90 Å².